The highest BCUT2D eigenvalue weighted by Gasteiger charge is 2.39. The Labute approximate surface area is 143 Å². The zero-order valence-electron chi connectivity index (χ0n) is 13.3. The van der Waals surface area contributed by atoms with Crippen LogP contribution < -0.4 is 5.32 Å². The molecular weight excluding hydrogens is 328 g/mol. The van der Waals surface area contributed by atoms with Gasteiger partial charge in [-0.3, -0.25) is 9.79 Å². The third kappa shape index (κ3) is 2.71. The smallest absolute Gasteiger partial charge is 0.337 e. The van der Waals surface area contributed by atoms with Crippen molar-refractivity contribution >= 4 is 29.0 Å². The molecule has 1 amide bonds. The Morgan fingerprint density at radius 2 is 2.25 bits per heavy atom. The molecule has 0 bridgehead atoms. The van der Waals surface area contributed by atoms with Crippen molar-refractivity contribution in [3.63, 3.8) is 0 Å². The summed E-state index contributed by atoms with van der Waals surface area (Å²) in [7, 11) is 1.38. The first-order chi connectivity index (χ1) is 11.7. The van der Waals surface area contributed by atoms with Crippen molar-refractivity contribution in [3.05, 3.63) is 27.9 Å². The lowest BCUT2D eigenvalue weighted by Crippen LogP contribution is -2.40. The molecule has 1 saturated carbocycles. The predicted octanol–water partition coefficient (Wildman–Crippen LogP) is 0.931. The van der Waals surface area contributed by atoms with Gasteiger partial charge in [-0.05, 0) is 12.8 Å². The Hall–Kier alpha value is -2.22. The molecule has 24 heavy (non-hydrogen) atoms. The number of nitrogens with zero attached hydrogens (tertiary/aromatic N) is 3. The van der Waals surface area contributed by atoms with Crippen molar-refractivity contribution < 1.29 is 14.3 Å². The van der Waals surface area contributed by atoms with Crippen molar-refractivity contribution in [1.82, 2.24) is 15.2 Å². The van der Waals surface area contributed by atoms with Gasteiger partial charge in [0, 0.05) is 36.2 Å². The van der Waals surface area contributed by atoms with Gasteiger partial charge < -0.3 is 15.0 Å². The number of nitrogens with one attached hydrogen (secondary N) is 1. The van der Waals surface area contributed by atoms with Crippen LogP contribution >= 0.6 is 11.3 Å². The van der Waals surface area contributed by atoms with Crippen molar-refractivity contribution in [1.29, 1.82) is 0 Å². The van der Waals surface area contributed by atoms with E-state index < -0.39 is 0 Å². The summed E-state index contributed by atoms with van der Waals surface area (Å²) in [5.41, 5.74) is 1.46. The number of carbonyl (C=O) groups is 2. The van der Waals surface area contributed by atoms with E-state index in [-0.39, 0.29) is 30.4 Å². The van der Waals surface area contributed by atoms with Gasteiger partial charge in [0.2, 0.25) is 5.91 Å². The van der Waals surface area contributed by atoms with E-state index in [0.29, 0.717) is 18.5 Å². The van der Waals surface area contributed by atoms with Gasteiger partial charge in [-0.25, -0.2) is 9.78 Å². The lowest BCUT2D eigenvalue weighted by atomic mass is 10.1. The second kappa shape index (κ2) is 6.01. The Bertz CT molecular complexity index is 737. The van der Waals surface area contributed by atoms with E-state index in [1.54, 1.807) is 6.20 Å². The molecule has 1 aliphatic carbocycles. The molecule has 4 rings (SSSR count). The minimum absolute atomic E-state index is 0.0176. The number of aliphatic imine (C=N–C) groups is 1. The van der Waals surface area contributed by atoms with Crippen LogP contribution in [0.5, 0.6) is 0 Å². The fraction of sp³-hybridized carbons (Fsp3) is 0.500. The summed E-state index contributed by atoms with van der Waals surface area (Å²) in [4.78, 5) is 35.0. The van der Waals surface area contributed by atoms with Gasteiger partial charge in [0.15, 0.2) is 10.8 Å². The molecule has 1 N–H and O–H groups in total. The SMILES string of the molecule is COC(=O)C1=C2C[C@H](NC(=O)C3CC3)CN2C(c2nccs2)=NC1. The molecule has 2 fully saturated rings. The number of thiazole rings is 1. The maximum absolute atomic E-state index is 12.1. The monoisotopic (exact) mass is 346 g/mol. The predicted molar refractivity (Wildman–Crippen MR) is 88.5 cm³/mol. The number of hydrogen-bond donors (Lipinski definition) is 1. The van der Waals surface area contributed by atoms with Crippen LogP contribution in [0.2, 0.25) is 0 Å². The lowest BCUT2D eigenvalue weighted by Gasteiger charge is -2.26. The van der Waals surface area contributed by atoms with Crippen LogP contribution in [-0.2, 0) is 14.3 Å². The number of rotatable bonds is 4. The van der Waals surface area contributed by atoms with E-state index in [9.17, 15) is 9.59 Å². The summed E-state index contributed by atoms with van der Waals surface area (Å²) in [6.45, 7) is 0.892. The molecule has 1 aromatic rings. The number of hydrogen-bond acceptors (Lipinski definition) is 7. The molecule has 1 saturated heterocycles. The normalized spacial score (nSPS) is 23.0. The summed E-state index contributed by atoms with van der Waals surface area (Å²) in [5, 5.41) is 5.83. The van der Waals surface area contributed by atoms with E-state index in [0.717, 1.165) is 29.4 Å². The maximum atomic E-state index is 12.1. The van der Waals surface area contributed by atoms with E-state index in [2.05, 4.69) is 15.3 Å². The Kier molecular flexibility index (Phi) is 3.84. The number of fused-ring (bicyclic) bond motifs is 1. The highest BCUT2D eigenvalue weighted by molar-refractivity contribution is 7.11. The summed E-state index contributed by atoms with van der Waals surface area (Å²) >= 11 is 1.51. The molecule has 1 atom stereocenters. The second-order valence-corrected chi connectivity index (χ2v) is 7.08. The number of amides is 1. The highest BCUT2D eigenvalue weighted by atomic mass is 32.1. The fourth-order valence-corrected chi connectivity index (χ4v) is 3.81. The van der Waals surface area contributed by atoms with Gasteiger partial charge in [-0.1, -0.05) is 0 Å². The van der Waals surface area contributed by atoms with E-state index >= 15 is 0 Å². The molecule has 0 radical (unpaired) electrons. The zero-order chi connectivity index (χ0) is 16.7. The van der Waals surface area contributed by atoms with Crippen LogP contribution in [-0.4, -0.2) is 53.8 Å². The van der Waals surface area contributed by atoms with Gasteiger partial charge in [0.05, 0.1) is 25.3 Å². The number of esters is 1. The molecule has 3 aliphatic rings. The summed E-state index contributed by atoms with van der Waals surface area (Å²) in [5.74, 6) is 0.707. The van der Waals surface area contributed by atoms with Gasteiger partial charge in [0.25, 0.3) is 0 Å². The van der Waals surface area contributed by atoms with Crippen molar-refractivity contribution in [3.8, 4) is 0 Å². The van der Waals surface area contributed by atoms with Gasteiger partial charge in [-0.15, -0.1) is 11.3 Å². The van der Waals surface area contributed by atoms with Crippen LogP contribution in [0.15, 0.2) is 27.8 Å². The van der Waals surface area contributed by atoms with Crippen LogP contribution in [0.25, 0.3) is 0 Å². The molecule has 8 heteroatoms. The number of aromatic nitrogens is 1. The van der Waals surface area contributed by atoms with E-state index in [1.165, 1.54) is 18.4 Å². The summed E-state index contributed by atoms with van der Waals surface area (Å²) < 4.78 is 4.90. The maximum Gasteiger partial charge on any atom is 0.337 e. The van der Waals surface area contributed by atoms with Gasteiger partial charge in [-0.2, -0.15) is 0 Å². The largest absolute Gasteiger partial charge is 0.466 e. The average molecular weight is 346 g/mol. The van der Waals surface area contributed by atoms with Crippen LogP contribution in [0.3, 0.4) is 0 Å². The molecule has 126 valence electrons. The average Bonchev–Trinajstić information content (AvgIpc) is 3.14. The standard InChI is InChI=1S/C16H18N4O3S/c1-23-16(22)11-7-18-13(15-17-4-5-24-15)20-8-10(6-12(11)20)19-14(21)9-2-3-9/h4-5,9-10H,2-3,6-8H2,1H3,(H,19,21)/t10-/m0/s1. The topological polar surface area (TPSA) is 83.9 Å². The Morgan fingerprint density at radius 3 is 2.92 bits per heavy atom. The minimum Gasteiger partial charge on any atom is -0.466 e. The molecule has 3 heterocycles. The molecule has 0 unspecified atom stereocenters. The van der Waals surface area contributed by atoms with Crippen LogP contribution in [0.4, 0.5) is 0 Å². The molecule has 0 spiro atoms. The van der Waals surface area contributed by atoms with Crippen LogP contribution in [0.1, 0.15) is 24.3 Å². The lowest BCUT2D eigenvalue weighted by molar-refractivity contribution is -0.136. The first kappa shape index (κ1) is 15.3. The summed E-state index contributed by atoms with van der Waals surface area (Å²) in [6, 6.07) is -0.0176. The third-order valence-corrected chi connectivity index (χ3v) is 5.28. The van der Waals surface area contributed by atoms with Crippen LogP contribution in [0, 0.1) is 5.92 Å². The molecule has 0 aromatic carbocycles. The van der Waals surface area contributed by atoms with Gasteiger partial charge in [0.1, 0.15) is 0 Å². The highest BCUT2D eigenvalue weighted by Crippen LogP contribution is 2.33. The fourth-order valence-electron chi connectivity index (χ4n) is 3.15. The van der Waals surface area contributed by atoms with Gasteiger partial charge >= 0.3 is 5.97 Å². The molecular formula is C16H18N4O3S. The second-order valence-electron chi connectivity index (χ2n) is 6.19. The van der Waals surface area contributed by atoms with E-state index in [4.69, 9.17) is 4.74 Å². The molecule has 1 aromatic heterocycles. The van der Waals surface area contributed by atoms with Crippen molar-refractivity contribution in [2.75, 3.05) is 20.2 Å². The Morgan fingerprint density at radius 1 is 1.42 bits per heavy atom. The molecule has 2 aliphatic heterocycles. The number of ether oxygens (including phenoxy) is 1. The van der Waals surface area contributed by atoms with E-state index in [1.807, 2.05) is 10.3 Å². The number of methoxy groups -OCH3 is 1. The first-order valence-corrected chi connectivity index (χ1v) is 8.88. The van der Waals surface area contributed by atoms with Crippen molar-refractivity contribution in [2.24, 2.45) is 10.9 Å². The quantitative estimate of drug-likeness (QED) is 0.820. The summed E-state index contributed by atoms with van der Waals surface area (Å²) in [6.07, 6.45) is 4.31. The number of carbonyl (C=O) groups excluding carboxylic acids is 2. The Balaban J connectivity index is 1.61. The minimum atomic E-state index is -0.355. The third-order valence-electron chi connectivity index (χ3n) is 4.51. The zero-order valence-corrected chi connectivity index (χ0v) is 14.1. The molecule has 7 nitrogen and oxygen atoms in total. The number of amidine groups is 1. The first-order valence-electron chi connectivity index (χ1n) is 8.00. The van der Waals surface area contributed by atoms with Crippen molar-refractivity contribution in [2.45, 2.75) is 25.3 Å².